The number of rotatable bonds is 8. The molecule has 7 heteroatoms. The molecule has 0 aromatic rings. The zero-order valence-electron chi connectivity index (χ0n) is 9.43. The van der Waals surface area contributed by atoms with E-state index in [1.54, 1.807) is 6.92 Å². The largest absolute Gasteiger partial charge is 0.441 e. The summed E-state index contributed by atoms with van der Waals surface area (Å²) in [6, 6.07) is 0. The van der Waals surface area contributed by atoms with Crippen molar-refractivity contribution in [3.05, 3.63) is 0 Å². The fourth-order valence-electron chi connectivity index (χ4n) is 1.01. The number of thioether (sulfide) groups is 1. The van der Waals surface area contributed by atoms with Gasteiger partial charge < -0.3 is 15.2 Å². The Bertz CT molecular complexity index is 188. The van der Waals surface area contributed by atoms with E-state index in [0.29, 0.717) is 13.0 Å². The van der Waals surface area contributed by atoms with Crippen LogP contribution in [0.25, 0.3) is 0 Å². The number of hydrogen-bond acceptors (Lipinski definition) is 4. The van der Waals surface area contributed by atoms with Crippen molar-refractivity contribution in [2.24, 2.45) is 0 Å². The highest BCUT2D eigenvalue weighted by atomic mass is 32.2. The lowest BCUT2D eigenvalue weighted by Crippen LogP contribution is -2.39. The van der Waals surface area contributed by atoms with E-state index in [9.17, 15) is 18.3 Å². The van der Waals surface area contributed by atoms with Crippen LogP contribution < -0.4 is 5.32 Å². The van der Waals surface area contributed by atoms with Crippen molar-refractivity contribution >= 4 is 11.8 Å². The van der Waals surface area contributed by atoms with Crippen LogP contribution in [-0.2, 0) is 4.74 Å². The summed E-state index contributed by atoms with van der Waals surface area (Å²) < 4.78 is 40.1. The summed E-state index contributed by atoms with van der Waals surface area (Å²) >= 11 is -0.0668. The molecular weight excluding hydrogens is 243 g/mol. The lowest BCUT2D eigenvalue weighted by atomic mass is 10.0. The molecule has 0 fully saturated rings. The van der Waals surface area contributed by atoms with Gasteiger partial charge in [-0.05, 0) is 18.7 Å². The van der Waals surface area contributed by atoms with E-state index in [2.05, 4.69) is 5.32 Å². The first-order chi connectivity index (χ1) is 7.27. The molecule has 0 saturated carbocycles. The van der Waals surface area contributed by atoms with Gasteiger partial charge in [-0.15, -0.1) is 0 Å². The quantitative estimate of drug-likeness (QED) is 0.651. The minimum atomic E-state index is -4.18. The first-order valence-corrected chi connectivity index (χ1v) is 5.88. The molecule has 0 rings (SSSR count). The van der Waals surface area contributed by atoms with Crippen LogP contribution >= 0.6 is 11.8 Å². The first kappa shape index (κ1) is 16.0. The number of alkyl halides is 3. The average molecular weight is 261 g/mol. The summed E-state index contributed by atoms with van der Waals surface area (Å²) in [6.45, 7) is 2.52. The first-order valence-electron chi connectivity index (χ1n) is 4.89. The van der Waals surface area contributed by atoms with E-state index < -0.39 is 11.1 Å². The predicted molar refractivity (Wildman–Crippen MR) is 58.5 cm³/mol. The van der Waals surface area contributed by atoms with Gasteiger partial charge in [-0.2, -0.15) is 13.2 Å². The predicted octanol–water partition coefficient (Wildman–Crippen LogP) is 1.62. The van der Waals surface area contributed by atoms with Crippen molar-refractivity contribution in [3.8, 4) is 0 Å². The Labute approximate surface area is 97.7 Å². The number of halogens is 3. The molecule has 0 saturated heterocycles. The zero-order valence-corrected chi connectivity index (χ0v) is 10.2. The number of hydrogen-bond donors (Lipinski definition) is 2. The third-order valence-electron chi connectivity index (χ3n) is 1.90. The second-order valence-electron chi connectivity index (χ2n) is 3.71. The summed E-state index contributed by atoms with van der Waals surface area (Å²) in [5.74, 6) is -0.0517. The highest BCUT2D eigenvalue weighted by Crippen LogP contribution is 2.29. The summed E-state index contributed by atoms with van der Waals surface area (Å²) in [4.78, 5) is 0. The fourth-order valence-corrected chi connectivity index (χ4v) is 1.48. The summed E-state index contributed by atoms with van der Waals surface area (Å²) in [6.07, 6.45) is 0.447. The second kappa shape index (κ2) is 7.37. The van der Waals surface area contributed by atoms with Crippen molar-refractivity contribution < 1.29 is 23.0 Å². The van der Waals surface area contributed by atoms with Crippen LogP contribution in [0.1, 0.15) is 13.3 Å². The van der Waals surface area contributed by atoms with E-state index in [1.807, 2.05) is 0 Å². The molecule has 2 N–H and O–H groups in total. The molecule has 1 atom stereocenters. The van der Waals surface area contributed by atoms with Crippen LogP contribution in [0.3, 0.4) is 0 Å². The van der Waals surface area contributed by atoms with Crippen LogP contribution in [0, 0.1) is 0 Å². The Morgan fingerprint density at radius 2 is 2.00 bits per heavy atom. The molecular formula is C9H18F3NO2S. The van der Waals surface area contributed by atoms with E-state index in [1.165, 1.54) is 7.11 Å². The molecule has 0 aliphatic carbocycles. The van der Waals surface area contributed by atoms with Gasteiger partial charge in [0.2, 0.25) is 0 Å². The van der Waals surface area contributed by atoms with Gasteiger partial charge in [0.1, 0.15) is 0 Å². The summed E-state index contributed by atoms with van der Waals surface area (Å²) in [7, 11) is 1.53. The molecule has 1 unspecified atom stereocenters. The smallest absolute Gasteiger partial charge is 0.389 e. The maximum atomic E-state index is 11.8. The van der Waals surface area contributed by atoms with Crippen molar-refractivity contribution in [1.29, 1.82) is 0 Å². The average Bonchev–Trinajstić information content (AvgIpc) is 2.12. The lowest BCUT2D eigenvalue weighted by Gasteiger charge is -2.23. The minimum absolute atomic E-state index is 0.0517. The van der Waals surface area contributed by atoms with Gasteiger partial charge in [0.05, 0.1) is 5.60 Å². The van der Waals surface area contributed by atoms with Crippen LogP contribution in [-0.4, -0.2) is 48.8 Å². The molecule has 0 aromatic heterocycles. The Morgan fingerprint density at radius 3 is 2.50 bits per heavy atom. The van der Waals surface area contributed by atoms with Gasteiger partial charge in [0, 0.05) is 39.0 Å². The van der Waals surface area contributed by atoms with Crippen molar-refractivity contribution in [3.63, 3.8) is 0 Å². The summed E-state index contributed by atoms with van der Waals surface area (Å²) in [5, 5.41) is 12.5. The molecule has 0 radical (unpaired) electrons. The molecule has 16 heavy (non-hydrogen) atoms. The Hall–Kier alpha value is 0.0200. The molecule has 0 aliphatic heterocycles. The van der Waals surface area contributed by atoms with E-state index in [-0.39, 0.29) is 30.6 Å². The molecule has 0 amide bonds. The van der Waals surface area contributed by atoms with E-state index in [4.69, 9.17) is 4.74 Å². The Kier molecular flexibility index (Phi) is 7.38. The highest BCUT2D eigenvalue weighted by molar-refractivity contribution is 8.00. The van der Waals surface area contributed by atoms with Crippen molar-refractivity contribution in [2.75, 3.05) is 32.6 Å². The molecule has 0 aromatic carbocycles. The molecule has 0 heterocycles. The van der Waals surface area contributed by atoms with Gasteiger partial charge in [0.25, 0.3) is 0 Å². The van der Waals surface area contributed by atoms with Crippen molar-refractivity contribution in [1.82, 2.24) is 5.32 Å². The number of ether oxygens (including phenoxy) is 1. The van der Waals surface area contributed by atoms with E-state index >= 15 is 0 Å². The van der Waals surface area contributed by atoms with Gasteiger partial charge in [-0.1, -0.05) is 0 Å². The summed E-state index contributed by atoms with van der Waals surface area (Å²) in [5.41, 5.74) is -5.13. The third-order valence-corrected chi connectivity index (χ3v) is 2.63. The fraction of sp³-hybridized carbons (Fsp3) is 1.00. The SMILES string of the molecule is COCCC(C)(O)CNCCSC(F)(F)F. The zero-order chi connectivity index (χ0) is 12.7. The number of nitrogens with one attached hydrogen (secondary N) is 1. The highest BCUT2D eigenvalue weighted by Gasteiger charge is 2.27. The monoisotopic (exact) mass is 261 g/mol. The van der Waals surface area contributed by atoms with Crippen LogP contribution in [0.15, 0.2) is 0 Å². The number of methoxy groups -OCH3 is 1. The standard InChI is InChI=1S/C9H18F3NO2S/c1-8(14,3-5-15-2)7-13-4-6-16-9(10,11)12/h13-14H,3-7H2,1-2H3. The van der Waals surface area contributed by atoms with Gasteiger partial charge >= 0.3 is 5.51 Å². The Balaban J connectivity index is 3.50. The van der Waals surface area contributed by atoms with E-state index in [0.717, 1.165) is 0 Å². The Morgan fingerprint density at radius 1 is 1.38 bits per heavy atom. The molecule has 98 valence electrons. The van der Waals surface area contributed by atoms with Crippen LogP contribution in [0.5, 0.6) is 0 Å². The lowest BCUT2D eigenvalue weighted by molar-refractivity contribution is -0.0327. The number of aliphatic hydroxyl groups is 1. The van der Waals surface area contributed by atoms with Gasteiger partial charge in [-0.25, -0.2) is 0 Å². The normalized spacial score (nSPS) is 16.1. The van der Waals surface area contributed by atoms with Crippen LogP contribution in [0.4, 0.5) is 13.2 Å². The second-order valence-corrected chi connectivity index (χ2v) is 4.87. The molecule has 0 bridgehead atoms. The molecule has 3 nitrogen and oxygen atoms in total. The third kappa shape index (κ3) is 10.5. The maximum Gasteiger partial charge on any atom is 0.441 e. The van der Waals surface area contributed by atoms with Crippen LogP contribution in [0.2, 0.25) is 0 Å². The minimum Gasteiger partial charge on any atom is -0.389 e. The molecule has 0 spiro atoms. The topological polar surface area (TPSA) is 41.5 Å². The maximum absolute atomic E-state index is 11.8. The molecule has 0 aliphatic rings. The van der Waals surface area contributed by atoms with Crippen molar-refractivity contribution in [2.45, 2.75) is 24.5 Å². The van der Waals surface area contributed by atoms with Gasteiger partial charge in [0.15, 0.2) is 0 Å². The van der Waals surface area contributed by atoms with Gasteiger partial charge in [-0.3, -0.25) is 0 Å².